The number of halogens is 1. The molecule has 0 radical (unpaired) electrons. The number of anilines is 1. The van der Waals surface area contributed by atoms with Crippen molar-refractivity contribution < 1.29 is 9.53 Å². The number of nitrogens with zero attached hydrogens (tertiary/aromatic N) is 1. The molecule has 1 N–H and O–H groups in total. The minimum atomic E-state index is -0.143. The summed E-state index contributed by atoms with van der Waals surface area (Å²) >= 11 is 7.40. The van der Waals surface area contributed by atoms with Crippen LogP contribution in [-0.2, 0) is 16.6 Å². The van der Waals surface area contributed by atoms with E-state index in [0.717, 1.165) is 11.3 Å². The van der Waals surface area contributed by atoms with Crippen LogP contribution in [0, 0.1) is 0 Å². The summed E-state index contributed by atoms with van der Waals surface area (Å²) in [5.41, 5.74) is 1.68. The molecule has 6 heteroatoms. The molecule has 0 aliphatic heterocycles. The second kappa shape index (κ2) is 6.67. The molecule has 118 valence electrons. The van der Waals surface area contributed by atoms with Gasteiger partial charge in [0.2, 0.25) is 5.91 Å². The quantitative estimate of drug-likeness (QED) is 0.905. The van der Waals surface area contributed by atoms with E-state index in [1.54, 1.807) is 25.3 Å². The molecule has 0 aliphatic carbocycles. The fraction of sp³-hybridized carbons (Fsp3) is 0.375. The lowest BCUT2D eigenvalue weighted by atomic mass is 9.93. The Morgan fingerprint density at radius 3 is 2.73 bits per heavy atom. The van der Waals surface area contributed by atoms with Gasteiger partial charge in [0.25, 0.3) is 0 Å². The first-order valence-corrected chi connectivity index (χ1v) is 8.13. The zero-order chi connectivity index (χ0) is 16.3. The number of carbonyl (C=O) groups is 1. The Morgan fingerprint density at radius 2 is 2.14 bits per heavy atom. The highest BCUT2D eigenvalue weighted by atomic mass is 35.5. The highest BCUT2D eigenvalue weighted by molar-refractivity contribution is 7.13. The van der Waals surface area contributed by atoms with E-state index in [1.165, 1.54) is 11.3 Å². The van der Waals surface area contributed by atoms with Gasteiger partial charge in [-0.2, -0.15) is 0 Å². The highest BCUT2D eigenvalue weighted by Crippen LogP contribution is 2.27. The Balaban J connectivity index is 2.07. The smallest absolute Gasteiger partial charge is 0.230 e. The van der Waals surface area contributed by atoms with Gasteiger partial charge in [0.15, 0.2) is 5.13 Å². The van der Waals surface area contributed by atoms with Crippen LogP contribution in [0.3, 0.4) is 0 Å². The van der Waals surface area contributed by atoms with Gasteiger partial charge in [0.05, 0.1) is 19.2 Å². The molecule has 0 unspecified atom stereocenters. The molecular formula is C16H19ClN2O2S. The van der Waals surface area contributed by atoms with Crippen LogP contribution in [0.15, 0.2) is 23.6 Å². The molecule has 1 aromatic carbocycles. The van der Waals surface area contributed by atoms with Crippen molar-refractivity contribution in [2.45, 2.75) is 32.6 Å². The number of carbonyl (C=O) groups excluding carboxylic acids is 1. The fourth-order valence-electron chi connectivity index (χ4n) is 1.90. The minimum Gasteiger partial charge on any atom is -0.496 e. The third-order valence-corrected chi connectivity index (χ3v) is 4.11. The number of ether oxygens (including phenoxy) is 1. The normalized spacial score (nSPS) is 11.3. The van der Waals surface area contributed by atoms with E-state index in [4.69, 9.17) is 16.3 Å². The van der Waals surface area contributed by atoms with Gasteiger partial charge >= 0.3 is 0 Å². The highest BCUT2D eigenvalue weighted by Gasteiger charge is 2.18. The summed E-state index contributed by atoms with van der Waals surface area (Å²) in [6.07, 6.45) is 0.189. The zero-order valence-electron chi connectivity index (χ0n) is 13.1. The predicted molar refractivity (Wildman–Crippen MR) is 91.2 cm³/mol. The topological polar surface area (TPSA) is 51.2 Å². The number of aromatic nitrogens is 1. The Hall–Kier alpha value is -1.59. The van der Waals surface area contributed by atoms with Gasteiger partial charge in [-0.15, -0.1) is 11.3 Å². The van der Waals surface area contributed by atoms with Crippen LogP contribution in [0.2, 0.25) is 5.02 Å². The van der Waals surface area contributed by atoms with E-state index < -0.39 is 0 Å². The average Bonchev–Trinajstić information content (AvgIpc) is 2.87. The van der Waals surface area contributed by atoms with Gasteiger partial charge < -0.3 is 10.1 Å². The number of nitrogens with one attached hydrogen (secondary N) is 1. The summed E-state index contributed by atoms with van der Waals surface area (Å²) in [5.74, 6) is 0.504. The number of benzene rings is 1. The van der Waals surface area contributed by atoms with E-state index in [9.17, 15) is 4.79 Å². The van der Waals surface area contributed by atoms with Crippen LogP contribution in [-0.4, -0.2) is 18.0 Å². The van der Waals surface area contributed by atoms with E-state index >= 15 is 0 Å². The van der Waals surface area contributed by atoms with Gasteiger partial charge in [-0.25, -0.2) is 4.98 Å². The monoisotopic (exact) mass is 338 g/mol. The van der Waals surface area contributed by atoms with Gasteiger partial charge in [-0.05, 0) is 18.2 Å². The lowest BCUT2D eigenvalue weighted by molar-refractivity contribution is -0.115. The Morgan fingerprint density at radius 1 is 1.41 bits per heavy atom. The SMILES string of the molecule is COc1ccc(Cl)cc1CC(=O)Nc1nc(C(C)(C)C)cs1. The number of amides is 1. The lowest BCUT2D eigenvalue weighted by Gasteiger charge is -2.14. The molecule has 0 spiro atoms. The molecule has 1 heterocycles. The Kier molecular flexibility index (Phi) is 5.08. The molecule has 0 saturated carbocycles. The number of hydrogen-bond donors (Lipinski definition) is 1. The van der Waals surface area contributed by atoms with Gasteiger partial charge in [-0.3, -0.25) is 4.79 Å². The van der Waals surface area contributed by atoms with E-state index in [1.807, 2.05) is 5.38 Å². The summed E-state index contributed by atoms with van der Waals surface area (Å²) in [6, 6.07) is 5.23. The van der Waals surface area contributed by atoms with Gasteiger partial charge in [0, 0.05) is 21.4 Å². The Bertz CT molecular complexity index is 677. The summed E-state index contributed by atoms with van der Waals surface area (Å²) in [4.78, 5) is 16.6. The molecule has 2 aromatic rings. The zero-order valence-corrected chi connectivity index (χ0v) is 14.6. The minimum absolute atomic E-state index is 0.0321. The van der Waals surface area contributed by atoms with Gasteiger partial charge in [-0.1, -0.05) is 32.4 Å². The molecule has 4 nitrogen and oxygen atoms in total. The van der Waals surface area contributed by atoms with Crippen molar-refractivity contribution in [3.05, 3.63) is 39.9 Å². The number of hydrogen-bond acceptors (Lipinski definition) is 4. The van der Waals surface area contributed by atoms with Crippen molar-refractivity contribution in [1.29, 1.82) is 0 Å². The third kappa shape index (κ3) is 4.21. The second-order valence-corrected chi connectivity index (χ2v) is 7.26. The van der Waals surface area contributed by atoms with Crippen molar-refractivity contribution in [1.82, 2.24) is 4.98 Å². The first-order chi connectivity index (χ1) is 10.3. The van der Waals surface area contributed by atoms with Crippen LogP contribution in [0.4, 0.5) is 5.13 Å². The summed E-state index contributed by atoms with van der Waals surface area (Å²) in [5, 5.41) is 5.98. The van der Waals surface area contributed by atoms with E-state index in [2.05, 4.69) is 31.1 Å². The second-order valence-electron chi connectivity index (χ2n) is 5.97. The van der Waals surface area contributed by atoms with Crippen molar-refractivity contribution in [3.63, 3.8) is 0 Å². The van der Waals surface area contributed by atoms with Crippen LogP contribution >= 0.6 is 22.9 Å². The molecule has 0 atom stereocenters. The molecular weight excluding hydrogens is 320 g/mol. The van der Waals surface area contributed by atoms with Crippen molar-refractivity contribution >= 4 is 34.0 Å². The molecule has 0 fully saturated rings. The number of thiazole rings is 1. The summed E-state index contributed by atoms with van der Waals surface area (Å²) in [7, 11) is 1.57. The molecule has 0 aliphatic rings. The first kappa shape index (κ1) is 16.8. The van der Waals surface area contributed by atoms with Crippen LogP contribution < -0.4 is 10.1 Å². The maximum atomic E-state index is 12.2. The molecule has 1 amide bonds. The standard InChI is InChI=1S/C16H19ClN2O2S/c1-16(2,3)13-9-22-15(18-13)19-14(20)8-10-7-11(17)5-6-12(10)21-4/h5-7,9H,8H2,1-4H3,(H,18,19,20). The van der Waals surface area contributed by atoms with E-state index in [0.29, 0.717) is 15.9 Å². The van der Waals surface area contributed by atoms with Crippen LogP contribution in [0.1, 0.15) is 32.0 Å². The van der Waals surface area contributed by atoms with Crippen LogP contribution in [0.25, 0.3) is 0 Å². The van der Waals surface area contributed by atoms with E-state index in [-0.39, 0.29) is 17.7 Å². The fourth-order valence-corrected chi connectivity index (χ4v) is 3.05. The van der Waals surface area contributed by atoms with Crippen molar-refractivity contribution in [2.24, 2.45) is 0 Å². The number of rotatable bonds is 4. The van der Waals surface area contributed by atoms with Crippen molar-refractivity contribution in [3.8, 4) is 5.75 Å². The molecule has 0 bridgehead atoms. The largest absolute Gasteiger partial charge is 0.496 e. The van der Waals surface area contributed by atoms with Crippen molar-refractivity contribution in [2.75, 3.05) is 12.4 Å². The summed E-state index contributed by atoms with van der Waals surface area (Å²) < 4.78 is 5.25. The van der Waals surface area contributed by atoms with Crippen LogP contribution in [0.5, 0.6) is 5.75 Å². The number of methoxy groups -OCH3 is 1. The first-order valence-electron chi connectivity index (χ1n) is 6.88. The predicted octanol–water partition coefficient (Wildman–Crippen LogP) is 4.28. The Labute approximate surface area is 139 Å². The maximum absolute atomic E-state index is 12.2. The average molecular weight is 339 g/mol. The maximum Gasteiger partial charge on any atom is 0.230 e. The molecule has 1 aromatic heterocycles. The molecule has 22 heavy (non-hydrogen) atoms. The third-order valence-electron chi connectivity index (χ3n) is 3.11. The summed E-state index contributed by atoms with van der Waals surface area (Å²) in [6.45, 7) is 6.26. The molecule has 2 rings (SSSR count). The van der Waals surface area contributed by atoms with Gasteiger partial charge in [0.1, 0.15) is 5.75 Å². The molecule has 0 saturated heterocycles. The lowest BCUT2D eigenvalue weighted by Crippen LogP contribution is -2.16.